The summed E-state index contributed by atoms with van der Waals surface area (Å²) in [5.41, 5.74) is 2.65. The first-order valence-electron chi connectivity index (χ1n) is 7.50. The number of methoxy groups -OCH3 is 3. The lowest BCUT2D eigenvalue weighted by atomic mass is 9.92. The van der Waals surface area contributed by atoms with Crippen molar-refractivity contribution < 1.29 is 19.0 Å². The second-order valence-electron chi connectivity index (χ2n) is 5.52. The van der Waals surface area contributed by atoms with E-state index in [-0.39, 0.29) is 11.7 Å². The number of nitriles is 1. The van der Waals surface area contributed by atoms with Crippen LogP contribution < -0.4 is 14.2 Å². The van der Waals surface area contributed by atoms with E-state index in [2.05, 4.69) is 6.07 Å². The standard InChI is InChI=1S/C19H17NO4/c1-22-12-4-5-13-11(8-12)9-15(18(13)21)14-6-7-17(23-2)16(10-20)19(14)24-3/h4-8,15H,9H2,1-3H3. The monoisotopic (exact) mass is 323 g/mol. The average molecular weight is 323 g/mol. The number of fused-ring (bicyclic) bond motifs is 1. The van der Waals surface area contributed by atoms with E-state index in [0.29, 0.717) is 34.6 Å². The van der Waals surface area contributed by atoms with Crippen molar-refractivity contribution in [2.45, 2.75) is 12.3 Å². The van der Waals surface area contributed by atoms with Crippen LogP contribution >= 0.6 is 0 Å². The predicted octanol–water partition coefficient (Wildman–Crippen LogP) is 3.11. The van der Waals surface area contributed by atoms with Gasteiger partial charge in [-0.3, -0.25) is 4.79 Å². The number of carbonyl (C=O) groups is 1. The van der Waals surface area contributed by atoms with Crippen molar-refractivity contribution in [2.75, 3.05) is 21.3 Å². The van der Waals surface area contributed by atoms with E-state index in [0.717, 1.165) is 11.3 Å². The number of benzene rings is 2. The zero-order valence-corrected chi connectivity index (χ0v) is 13.8. The Labute approximate surface area is 140 Å². The van der Waals surface area contributed by atoms with Crippen LogP contribution in [0, 0.1) is 11.3 Å². The number of ether oxygens (including phenoxy) is 3. The van der Waals surface area contributed by atoms with E-state index in [1.165, 1.54) is 14.2 Å². The second-order valence-corrected chi connectivity index (χ2v) is 5.52. The van der Waals surface area contributed by atoms with Gasteiger partial charge in [-0.05, 0) is 36.2 Å². The summed E-state index contributed by atoms with van der Waals surface area (Å²) in [5, 5.41) is 9.43. The third kappa shape index (κ3) is 2.37. The summed E-state index contributed by atoms with van der Waals surface area (Å²) in [6, 6.07) is 11.1. The quantitative estimate of drug-likeness (QED) is 0.865. The highest BCUT2D eigenvalue weighted by Gasteiger charge is 2.35. The molecule has 3 rings (SSSR count). The van der Waals surface area contributed by atoms with Gasteiger partial charge in [0.15, 0.2) is 5.78 Å². The zero-order chi connectivity index (χ0) is 17.3. The van der Waals surface area contributed by atoms with Crippen LogP contribution in [0.5, 0.6) is 17.2 Å². The molecule has 122 valence electrons. The first-order chi connectivity index (χ1) is 11.6. The van der Waals surface area contributed by atoms with Gasteiger partial charge in [-0.2, -0.15) is 5.26 Å². The van der Waals surface area contributed by atoms with Gasteiger partial charge < -0.3 is 14.2 Å². The number of hydrogen-bond donors (Lipinski definition) is 0. The second kappa shape index (κ2) is 6.25. The fourth-order valence-corrected chi connectivity index (χ4v) is 3.21. The maximum atomic E-state index is 12.8. The lowest BCUT2D eigenvalue weighted by Crippen LogP contribution is -2.10. The van der Waals surface area contributed by atoms with Crippen molar-refractivity contribution in [1.29, 1.82) is 5.26 Å². The third-order valence-electron chi connectivity index (χ3n) is 4.38. The molecule has 0 amide bonds. The minimum Gasteiger partial charge on any atom is -0.497 e. The van der Waals surface area contributed by atoms with Crippen molar-refractivity contribution in [2.24, 2.45) is 0 Å². The maximum Gasteiger partial charge on any atom is 0.171 e. The van der Waals surface area contributed by atoms with Crippen molar-refractivity contribution >= 4 is 5.78 Å². The summed E-state index contributed by atoms with van der Waals surface area (Å²) >= 11 is 0. The molecule has 5 heteroatoms. The van der Waals surface area contributed by atoms with Crippen LogP contribution in [0.25, 0.3) is 0 Å². The van der Waals surface area contributed by atoms with Crippen LogP contribution in [0.2, 0.25) is 0 Å². The van der Waals surface area contributed by atoms with Gasteiger partial charge in [-0.1, -0.05) is 6.07 Å². The molecule has 0 spiro atoms. The lowest BCUT2D eigenvalue weighted by molar-refractivity contribution is 0.0971. The van der Waals surface area contributed by atoms with Gasteiger partial charge in [0.05, 0.1) is 27.2 Å². The smallest absolute Gasteiger partial charge is 0.171 e. The Bertz CT molecular complexity index is 851. The first-order valence-corrected chi connectivity index (χ1v) is 7.50. The normalized spacial score (nSPS) is 15.6. The van der Waals surface area contributed by atoms with Crippen molar-refractivity contribution in [3.05, 3.63) is 52.6 Å². The van der Waals surface area contributed by atoms with Gasteiger partial charge in [0.25, 0.3) is 0 Å². The lowest BCUT2D eigenvalue weighted by Gasteiger charge is -2.16. The van der Waals surface area contributed by atoms with Gasteiger partial charge in [-0.15, -0.1) is 0 Å². The van der Waals surface area contributed by atoms with E-state index in [4.69, 9.17) is 14.2 Å². The molecule has 0 aromatic heterocycles. The summed E-state index contributed by atoms with van der Waals surface area (Å²) in [5.74, 6) is 1.21. The summed E-state index contributed by atoms with van der Waals surface area (Å²) in [6.07, 6.45) is 0.554. The molecule has 0 saturated heterocycles. The molecule has 0 bridgehead atoms. The average Bonchev–Trinajstić information content (AvgIpc) is 2.95. The minimum absolute atomic E-state index is 0.0278. The van der Waals surface area contributed by atoms with E-state index in [9.17, 15) is 10.1 Å². The zero-order valence-electron chi connectivity index (χ0n) is 13.8. The summed E-state index contributed by atoms with van der Waals surface area (Å²) < 4.78 is 15.9. The van der Waals surface area contributed by atoms with Gasteiger partial charge >= 0.3 is 0 Å². The molecule has 2 aromatic carbocycles. The Balaban J connectivity index is 2.08. The van der Waals surface area contributed by atoms with Crippen LogP contribution in [0.15, 0.2) is 30.3 Å². The molecule has 24 heavy (non-hydrogen) atoms. The fourth-order valence-electron chi connectivity index (χ4n) is 3.21. The summed E-state index contributed by atoms with van der Waals surface area (Å²) in [4.78, 5) is 12.8. The maximum absolute atomic E-state index is 12.8. The van der Waals surface area contributed by atoms with Crippen molar-refractivity contribution in [1.82, 2.24) is 0 Å². The SMILES string of the molecule is COc1ccc2c(c1)CC(c1ccc(OC)c(C#N)c1OC)C2=O. The number of rotatable bonds is 4. The molecule has 2 aromatic rings. The molecular formula is C19H17NO4. The van der Waals surface area contributed by atoms with E-state index < -0.39 is 0 Å². The molecule has 0 radical (unpaired) electrons. The summed E-state index contributed by atoms with van der Waals surface area (Å²) in [6.45, 7) is 0. The first kappa shape index (κ1) is 15.9. The number of hydrogen-bond acceptors (Lipinski definition) is 5. The molecule has 1 aliphatic carbocycles. The highest BCUT2D eigenvalue weighted by Crippen LogP contribution is 2.42. The molecule has 5 nitrogen and oxygen atoms in total. The predicted molar refractivity (Wildman–Crippen MR) is 88.0 cm³/mol. The Kier molecular flexibility index (Phi) is 4.13. The van der Waals surface area contributed by atoms with E-state index in [1.54, 1.807) is 31.4 Å². The molecule has 0 heterocycles. The number of Topliss-reactive ketones (excluding diaryl/α,β-unsaturated/α-hetero) is 1. The largest absolute Gasteiger partial charge is 0.497 e. The fraction of sp³-hybridized carbons (Fsp3) is 0.263. The molecule has 0 fully saturated rings. The number of ketones is 1. The van der Waals surface area contributed by atoms with Crippen LogP contribution in [-0.4, -0.2) is 27.1 Å². The Morgan fingerprint density at radius 1 is 1.08 bits per heavy atom. The van der Waals surface area contributed by atoms with Gasteiger partial charge in [0, 0.05) is 11.1 Å². The molecule has 0 aliphatic heterocycles. The van der Waals surface area contributed by atoms with Gasteiger partial charge in [-0.25, -0.2) is 0 Å². The molecule has 1 atom stereocenters. The third-order valence-corrected chi connectivity index (χ3v) is 4.38. The number of nitrogens with zero attached hydrogens (tertiary/aromatic N) is 1. The van der Waals surface area contributed by atoms with Crippen molar-refractivity contribution in [3.8, 4) is 23.3 Å². The van der Waals surface area contributed by atoms with Crippen LogP contribution in [-0.2, 0) is 6.42 Å². The summed E-state index contributed by atoms with van der Waals surface area (Å²) in [7, 11) is 4.59. The topological polar surface area (TPSA) is 68.6 Å². The van der Waals surface area contributed by atoms with E-state index >= 15 is 0 Å². The molecule has 1 unspecified atom stereocenters. The van der Waals surface area contributed by atoms with E-state index in [1.807, 2.05) is 6.07 Å². The Morgan fingerprint density at radius 3 is 2.50 bits per heavy atom. The minimum atomic E-state index is -0.375. The highest BCUT2D eigenvalue weighted by atomic mass is 16.5. The Hall–Kier alpha value is -3.00. The van der Waals surface area contributed by atoms with Gasteiger partial charge in [0.1, 0.15) is 28.9 Å². The van der Waals surface area contributed by atoms with Gasteiger partial charge in [0.2, 0.25) is 0 Å². The van der Waals surface area contributed by atoms with Crippen LogP contribution in [0.1, 0.15) is 33.0 Å². The molecular weight excluding hydrogens is 306 g/mol. The van der Waals surface area contributed by atoms with Crippen LogP contribution in [0.4, 0.5) is 0 Å². The Morgan fingerprint density at radius 2 is 1.88 bits per heavy atom. The molecule has 0 saturated carbocycles. The number of carbonyl (C=O) groups excluding carboxylic acids is 1. The highest BCUT2D eigenvalue weighted by molar-refractivity contribution is 6.06. The molecule has 0 N–H and O–H groups in total. The van der Waals surface area contributed by atoms with Crippen molar-refractivity contribution in [3.63, 3.8) is 0 Å². The van der Waals surface area contributed by atoms with Crippen LogP contribution in [0.3, 0.4) is 0 Å². The molecule has 1 aliphatic rings.